The first-order valence-electron chi connectivity index (χ1n) is 12.8. The van der Waals surface area contributed by atoms with Crippen LogP contribution in [0.25, 0.3) is 11.4 Å². The molecule has 188 valence electrons. The van der Waals surface area contributed by atoms with Crippen LogP contribution in [0.15, 0.2) is 29.4 Å². The highest BCUT2D eigenvalue weighted by Gasteiger charge is 2.22. The van der Waals surface area contributed by atoms with Gasteiger partial charge in [-0.05, 0) is 88.1 Å². The average Bonchev–Trinajstić information content (AvgIpc) is 3.58. The van der Waals surface area contributed by atoms with Crippen molar-refractivity contribution in [3.05, 3.63) is 40.3 Å². The summed E-state index contributed by atoms with van der Waals surface area (Å²) < 4.78 is 8.11. The van der Waals surface area contributed by atoms with Gasteiger partial charge in [-0.25, -0.2) is 0 Å². The van der Waals surface area contributed by atoms with E-state index in [-0.39, 0.29) is 11.7 Å². The monoisotopic (exact) mass is 521 g/mol. The van der Waals surface area contributed by atoms with E-state index in [1.807, 2.05) is 35.8 Å². The van der Waals surface area contributed by atoms with E-state index in [4.69, 9.17) is 4.74 Å². The molecule has 0 radical (unpaired) electrons. The van der Waals surface area contributed by atoms with E-state index in [1.54, 1.807) is 11.3 Å². The number of carbonyl (C=O) groups excluding carboxylic acids is 1. The molecule has 2 aliphatic rings. The summed E-state index contributed by atoms with van der Waals surface area (Å²) in [6, 6.07) is 10.4. The Bertz CT molecular complexity index is 1250. The number of aromatic nitrogens is 3. The molecule has 2 aromatic heterocycles. The van der Waals surface area contributed by atoms with Crippen LogP contribution in [-0.4, -0.2) is 32.5 Å². The topological polar surface area (TPSA) is 92.8 Å². The van der Waals surface area contributed by atoms with E-state index >= 15 is 0 Å². The van der Waals surface area contributed by atoms with E-state index in [9.17, 15) is 10.1 Å². The molecule has 1 amide bonds. The summed E-state index contributed by atoms with van der Waals surface area (Å²) >= 11 is 2.93. The molecule has 3 aromatic rings. The number of thiophene rings is 1. The molecule has 0 saturated heterocycles. The van der Waals surface area contributed by atoms with Gasteiger partial charge in [-0.1, -0.05) is 18.2 Å². The molecule has 2 heterocycles. The molecule has 0 atom stereocenters. The van der Waals surface area contributed by atoms with Crippen LogP contribution in [-0.2, 0) is 24.2 Å². The first-order chi connectivity index (χ1) is 17.7. The summed E-state index contributed by atoms with van der Waals surface area (Å²) in [4.78, 5) is 14.0. The Labute approximate surface area is 220 Å². The van der Waals surface area contributed by atoms with Gasteiger partial charge in [0.15, 0.2) is 11.0 Å². The molecule has 7 nitrogen and oxygen atoms in total. The standard InChI is InChI=1S/C27H31N5O2S2/c1-2-32-25(18-12-14-20(15-13-18)34-19-8-6-7-9-19)30-31-27(32)35-17-24(33)29-26-22(16-28)21-10-4-3-5-11-23(21)36-26/h12-15,19H,2-11,17H2,1H3,(H,29,33). The van der Waals surface area contributed by atoms with Gasteiger partial charge < -0.3 is 14.6 Å². The molecule has 1 N–H and O–H groups in total. The molecule has 5 rings (SSSR count). The van der Waals surface area contributed by atoms with Crippen LogP contribution < -0.4 is 10.1 Å². The van der Waals surface area contributed by atoms with Crippen LogP contribution in [0.1, 0.15) is 67.9 Å². The zero-order valence-electron chi connectivity index (χ0n) is 20.6. The van der Waals surface area contributed by atoms with Crippen molar-refractivity contribution < 1.29 is 9.53 Å². The van der Waals surface area contributed by atoms with Gasteiger partial charge in [-0.3, -0.25) is 4.79 Å². The highest BCUT2D eigenvalue weighted by molar-refractivity contribution is 7.99. The van der Waals surface area contributed by atoms with Crippen molar-refractivity contribution in [1.82, 2.24) is 14.8 Å². The highest BCUT2D eigenvalue weighted by Crippen LogP contribution is 2.37. The summed E-state index contributed by atoms with van der Waals surface area (Å²) in [5.41, 5.74) is 2.76. The van der Waals surface area contributed by atoms with Gasteiger partial charge in [-0.2, -0.15) is 5.26 Å². The maximum atomic E-state index is 12.8. The van der Waals surface area contributed by atoms with Gasteiger partial charge >= 0.3 is 0 Å². The molecule has 0 bridgehead atoms. The Morgan fingerprint density at radius 3 is 2.69 bits per heavy atom. The predicted octanol–water partition coefficient (Wildman–Crippen LogP) is 6.22. The van der Waals surface area contributed by atoms with Crippen LogP contribution in [0.5, 0.6) is 5.75 Å². The van der Waals surface area contributed by atoms with E-state index in [0.717, 1.165) is 61.2 Å². The fourth-order valence-electron chi connectivity index (χ4n) is 5.02. The summed E-state index contributed by atoms with van der Waals surface area (Å²) in [6.07, 6.45) is 10.5. The number of nitrogens with zero attached hydrogens (tertiary/aromatic N) is 4. The van der Waals surface area contributed by atoms with E-state index in [0.29, 0.717) is 28.4 Å². The number of anilines is 1. The third kappa shape index (κ3) is 5.45. The number of hydrogen-bond donors (Lipinski definition) is 1. The molecule has 9 heteroatoms. The van der Waals surface area contributed by atoms with E-state index in [2.05, 4.69) is 21.6 Å². The van der Waals surface area contributed by atoms with Crippen LogP contribution in [0.2, 0.25) is 0 Å². The number of nitrogens with one attached hydrogen (secondary N) is 1. The van der Waals surface area contributed by atoms with Crippen LogP contribution >= 0.6 is 23.1 Å². The third-order valence-corrected chi connectivity index (χ3v) is 9.04. The minimum atomic E-state index is -0.131. The molecule has 1 saturated carbocycles. The molecular formula is C27H31N5O2S2. The minimum absolute atomic E-state index is 0.131. The van der Waals surface area contributed by atoms with Gasteiger partial charge in [0.25, 0.3) is 0 Å². The smallest absolute Gasteiger partial charge is 0.235 e. The van der Waals surface area contributed by atoms with Crippen LogP contribution in [0.4, 0.5) is 5.00 Å². The van der Waals surface area contributed by atoms with Crippen LogP contribution in [0.3, 0.4) is 0 Å². The Hall–Kier alpha value is -2.83. The fraction of sp³-hybridized carbons (Fsp3) is 0.481. The molecule has 0 aliphatic heterocycles. The van der Waals surface area contributed by atoms with Gasteiger partial charge in [0.1, 0.15) is 16.8 Å². The maximum Gasteiger partial charge on any atom is 0.235 e. The van der Waals surface area contributed by atoms with Crippen molar-refractivity contribution in [2.24, 2.45) is 0 Å². The molecule has 1 aromatic carbocycles. The second-order valence-corrected chi connectivity index (χ2v) is 11.4. The zero-order chi connectivity index (χ0) is 24.9. The largest absolute Gasteiger partial charge is 0.490 e. The quantitative estimate of drug-likeness (QED) is 0.279. The Morgan fingerprint density at radius 1 is 1.17 bits per heavy atom. The Kier molecular flexibility index (Phi) is 7.93. The Balaban J connectivity index is 1.23. The van der Waals surface area contributed by atoms with Crippen LogP contribution in [0, 0.1) is 11.3 Å². The van der Waals surface area contributed by atoms with Crippen molar-refractivity contribution in [1.29, 1.82) is 5.26 Å². The van der Waals surface area contributed by atoms with E-state index < -0.39 is 0 Å². The third-order valence-electron chi connectivity index (χ3n) is 6.87. The lowest BCUT2D eigenvalue weighted by atomic mass is 10.1. The number of aryl methyl sites for hydroxylation is 1. The predicted molar refractivity (Wildman–Crippen MR) is 144 cm³/mol. The van der Waals surface area contributed by atoms with Gasteiger partial charge in [0.2, 0.25) is 5.91 Å². The number of rotatable bonds is 8. The van der Waals surface area contributed by atoms with Gasteiger partial charge in [-0.15, -0.1) is 21.5 Å². The molecular weight excluding hydrogens is 490 g/mol. The molecule has 0 unspecified atom stereocenters. The van der Waals surface area contributed by atoms with Gasteiger partial charge in [0.05, 0.1) is 17.4 Å². The second-order valence-electron chi connectivity index (χ2n) is 9.32. The van der Waals surface area contributed by atoms with Crippen molar-refractivity contribution >= 4 is 34.0 Å². The molecule has 1 fully saturated rings. The lowest BCUT2D eigenvalue weighted by Gasteiger charge is -2.13. The van der Waals surface area contributed by atoms with Crippen molar-refractivity contribution in [3.8, 4) is 23.2 Å². The van der Waals surface area contributed by atoms with Crippen molar-refractivity contribution in [3.63, 3.8) is 0 Å². The fourth-order valence-corrected chi connectivity index (χ4v) is 7.08. The summed E-state index contributed by atoms with van der Waals surface area (Å²) in [7, 11) is 0. The number of amides is 1. The molecule has 2 aliphatic carbocycles. The molecule has 0 spiro atoms. The summed E-state index contributed by atoms with van der Waals surface area (Å²) in [6.45, 7) is 2.75. The first kappa shape index (κ1) is 24.8. The number of benzene rings is 1. The highest BCUT2D eigenvalue weighted by atomic mass is 32.2. The first-order valence-corrected chi connectivity index (χ1v) is 14.6. The van der Waals surface area contributed by atoms with Gasteiger partial charge in [0, 0.05) is 17.0 Å². The average molecular weight is 522 g/mol. The number of fused-ring (bicyclic) bond motifs is 1. The van der Waals surface area contributed by atoms with E-state index in [1.165, 1.54) is 35.9 Å². The number of hydrogen-bond acceptors (Lipinski definition) is 7. The molecule has 36 heavy (non-hydrogen) atoms. The second kappa shape index (κ2) is 11.5. The number of thioether (sulfide) groups is 1. The number of carbonyl (C=O) groups is 1. The minimum Gasteiger partial charge on any atom is -0.490 e. The van der Waals surface area contributed by atoms with Crippen molar-refractivity contribution in [2.45, 2.75) is 82.5 Å². The number of nitriles is 1. The summed E-state index contributed by atoms with van der Waals surface area (Å²) in [5, 5.41) is 22.9. The SMILES string of the molecule is CCn1c(SCC(=O)Nc2sc3c(c2C#N)CCCCC3)nnc1-c1ccc(OC2CCCC2)cc1. The summed E-state index contributed by atoms with van der Waals surface area (Å²) in [5.74, 6) is 1.75. The normalized spacial score (nSPS) is 15.8. The Morgan fingerprint density at radius 2 is 1.94 bits per heavy atom. The lowest BCUT2D eigenvalue weighted by molar-refractivity contribution is -0.113. The maximum absolute atomic E-state index is 12.8. The number of ether oxygens (including phenoxy) is 1. The lowest BCUT2D eigenvalue weighted by Crippen LogP contribution is -2.14. The van der Waals surface area contributed by atoms with Crippen molar-refractivity contribution in [2.75, 3.05) is 11.1 Å². The zero-order valence-corrected chi connectivity index (χ0v) is 22.2.